The summed E-state index contributed by atoms with van der Waals surface area (Å²) in [6, 6.07) is 4.22. The van der Waals surface area contributed by atoms with E-state index in [9.17, 15) is 9.59 Å². The Morgan fingerprint density at radius 3 is 2.79 bits per heavy atom. The topological polar surface area (TPSA) is 74.3 Å². The van der Waals surface area contributed by atoms with Gasteiger partial charge in [0.2, 0.25) is 0 Å². The van der Waals surface area contributed by atoms with Gasteiger partial charge < -0.3 is 10.2 Å². The Kier molecular flexibility index (Phi) is 4.98. The quantitative estimate of drug-likeness (QED) is 0.875. The summed E-state index contributed by atoms with van der Waals surface area (Å²) in [5.41, 5.74) is 0.635. The minimum atomic E-state index is -0.179. The van der Waals surface area contributed by atoms with E-state index in [1.54, 1.807) is 21.0 Å². The number of amides is 2. The van der Waals surface area contributed by atoms with E-state index >= 15 is 0 Å². The molecule has 8 heteroatoms. The third-order valence-corrected chi connectivity index (χ3v) is 6.13. The summed E-state index contributed by atoms with van der Waals surface area (Å²) >= 11 is 2.72. The molecule has 1 atom stereocenters. The molecule has 2 aromatic heterocycles. The molecule has 1 fully saturated rings. The number of hydrogen-bond donors (Lipinski definition) is 2. The molecule has 1 aliphatic rings. The predicted molar refractivity (Wildman–Crippen MR) is 97.1 cm³/mol. The largest absolute Gasteiger partial charge is 0.344 e. The Labute approximate surface area is 148 Å². The van der Waals surface area contributed by atoms with Crippen molar-refractivity contribution in [2.45, 2.75) is 25.8 Å². The van der Waals surface area contributed by atoms with Crippen molar-refractivity contribution >= 4 is 39.6 Å². The number of hydrogen-bond acceptors (Lipinski definition) is 6. The van der Waals surface area contributed by atoms with Crippen molar-refractivity contribution in [3.05, 3.63) is 32.5 Å². The number of anilines is 1. The number of aryl methyl sites for hydroxylation is 1. The highest BCUT2D eigenvalue weighted by Gasteiger charge is 2.21. The zero-order valence-corrected chi connectivity index (χ0v) is 15.5. The molecule has 2 amide bonds. The highest BCUT2D eigenvalue weighted by molar-refractivity contribution is 7.18. The molecule has 3 heterocycles. The number of thiophene rings is 1. The van der Waals surface area contributed by atoms with Gasteiger partial charge in [-0.25, -0.2) is 4.98 Å². The molecule has 24 heavy (non-hydrogen) atoms. The van der Waals surface area contributed by atoms with Crippen LogP contribution < -0.4 is 10.6 Å². The van der Waals surface area contributed by atoms with Crippen LogP contribution in [-0.4, -0.2) is 42.3 Å². The molecular formula is C16H20N4O2S2. The van der Waals surface area contributed by atoms with Gasteiger partial charge in [-0.15, -0.1) is 11.3 Å². The van der Waals surface area contributed by atoms with Gasteiger partial charge in [0.15, 0.2) is 5.13 Å². The van der Waals surface area contributed by atoms with Crippen LogP contribution in [0.15, 0.2) is 12.1 Å². The maximum absolute atomic E-state index is 12.4. The van der Waals surface area contributed by atoms with Crippen LogP contribution in [0.3, 0.4) is 0 Å². The van der Waals surface area contributed by atoms with Crippen LogP contribution in [0.2, 0.25) is 0 Å². The summed E-state index contributed by atoms with van der Waals surface area (Å²) < 4.78 is 0. The molecular weight excluding hydrogens is 344 g/mol. The fraction of sp³-hybridized carbons (Fsp3) is 0.438. The molecule has 0 radical (unpaired) electrons. The number of rotatable bonds is 4. The molecule has 3 rings (SSSR count). The first kappa shape index (κ1) is 17.1. The maximum Gasteiger partial charge on any atom is 0.267 e. The van der Waals surface area contributed by atoms with Gasteiger partial charge in [-0.2, -0.15) is 0 Å². The van der Waals surface area contributed by atoms with E-state index in [0.717, 1.165) is 13.0 Å². The summed E-state index contributed by atoms with van der Waals surface area (Å²) in [5.74, 6) is -0.280. The minimum absolute atomic E-state index is 0.101. The van der Waals surface area contributed by atoms with Gasteiger partial charge in [0, 0.05) is 25.0 Å². The first-order valence-electron chi connectivity index (χ1n) is 7.79. The van der Waals surface area contributed by atoms with E-state index in [1.165, 1.54) is 38.9 Å². The van der Waals surface area contributed by atoms with Crippen LogP contribution in [0.5, 0.6) is 0 Å². The summed E-state index contributed by atoms with van der Waals surface area (Å²) in [6.07, 6.45) is 2.29. The van der Waals surface area contributed by atoms with Crippen molar-refractivity contribution < 1.29 is 9.59 Å². The van der Waals surface area contributed by atoms with E-state index in [1.807, 2.05) is 12.1 Å². The van der Waals surface area contributed by atoms with E-state index in [2.05, 4.69) is 15.6 Å². The molecule has 2 aromatic rings. The number of carbonyl (C=O) groups is 2. The highest BCUT2D eigenvalue weighted by atomic mass is 32.1. The van der Waals surface area contributed by atoms with Crippen LogP contribution >= 0.6 is 22.7 Å². The molecule has 0 saturated carbocycles. The van der Waals surface area contributed by atoms with E-state index in [0.29, 0.717) is 26.6 Å². The second-order valence-corrected chi connectivity index (χ2v) is 8.05. The smallest absolute Gasteiger partial charge is 0.267 e. The SMILES string of the molecule is Cc1nc(NC(=O)c2ccc([C@H]3CCCN3)s2)sc1C(=O)N(C)C. The fourth-order valence-electron chi connectivity index (χ4n) is 2.60. The summed E-state index contributed by atoms with van der Waals surface area (Å²) in [7, 11) is 3.40. The van der Waals surface area contributed by atoms with E-state index in [4.69, 9.17) is 0 Å². The van der Waals surface area contributed by atoms with Crippen molar-refractivity contribution in [1.29, 1.82) is 0 Å². The van der Waals surface area contributed by atoms with Crippen molar-refractivity contribution in [2.75, 3.05) is 26.0 Å². The number of carbonyl (C=O) groups excluding carboxylic acids is 2. The molecule has 0 bridgehead atoms. The lowest BCUT2D eigenvalue weighted by atomic mass is 10.2. The molecule has 0 aliphatic carbocycles. The predicted octanol–water partition coefficient (Wildman–Crippen LogP) is 2.89. The standard InChI is InChI=1S/C16H20N4O2S2/c1-9-13(15(22)20(2)3)24-16(18-9)19-14(21)12-7-6-11(23-12)10-5-4-8-17-10/h6-7,10,17H,4-5,8H2,1-3H3,(H,18,19,21)/t10-/m1/s1. The lowest BCUT2D eigenvalue weighted by Crippen LogP contribution is -2.21. The number of nitrogens with one attached hydrogen (secondary N) is 2. The Bertz CT molecular complexity index is 760. The molecule has 6 nitrogen and oxygen atoms in total. The number of nitrogens with zero attached hydrogens (tertiary/aromatic N) is 2. The zero-order valence-electron chi connectivity index (χ0n) is 13.9. The van der Waals surface area contributed by atoms with Gasteiger partial charge in [0.05, 0.1) is 10.6 Å². The van der Waals surface area contributed by atoms with Crippen LogP contribution in [0, 0.1) is 6.92 Å². The first-order valence-corrected chi connectivity index (χ1v) is 9.42. The van der Waals surface area contributed by atoms with Crippen LogP contribution in [0.25, 0.3) is 0 Å². The molecule has 0 spiro atoms. The third kappa shape index (κ3) is 3.50. The fourth-order valence-corrected chi connectivity index (χ4v) is 4.60. The Hall–Kier alpha value is -1.77. The lowest BCUT2D eigenvalue weighted by molar-refractivity contribution is 0.0831. The lowest BCUT2D eigenvalue weighted by Gasteiger charge is -2.07. The van der Waals surface area contributed by atoms with Crippen LogP contribution in [0.4, 0.5) is 5.13 Å². The molecule has 1 aliphatic heterocycles. The van der Waals surface area contributed by atoms with Gasteiger partial charge >= 0.3 is 0 Å². The average Bonchev–Trinajstić information content (AvgIpc) is 3.26. The first-order chi connectivity index (χ1) is 11.5. The van der Waals surface area contributed by atoms with Crippen molar-refractivity contribution in [3.63, 3.8) is 0 Å². The van der Waals surface area contributed by atoms with Crippen LogP contribution in [0.1, 0.15) is 48.8 Å². The maximum atomic E-state index is 12.4. The number of thiazole rings is 1. The minimum Gasteiger partial charge on any atom is -0.344 e. The molecule has 0 unspecified atom stereocenters. The van der Waals surface area contributed by atoms with Gasteiger partial charge in [0.25, 0.3) is 11.8 Å². The second-order valence-electron chi connectivity index (χ2n) is 5.94. The van der Waals surface area contributed by atoms with E-state index in [-0.39, 0.29) is 11.8 Å². The van der Waals surface area contributed by atoms with Crippen molar-refractivity contribution in [1.82, 2.24) is 15.2 Å². The normalized spacial score (nSPS) is 17.0. The van der Waals surface area contributed by atoms with E-state index < -0.39 is 0 Å². The van der Waals surface area contributed by atoms with Gasteiger partial charge in [-0.3, -0.25) is 14.9 Å². The highest BCUT2D eigenvalue weighted by Crippen LogP contribution is 2.30. The summed E-state index contributed by atoms with van der Waals surface area (Å²) in [6.45, 7) is 2.81. The number of aromatic nitrogens is 1. The van der Waals surface area contributed by atoms with Crippen LogP contribution in [-0.2, 0) is 0 Å². The molecule has 1 saturated heterocycles. The third-order valence-electron chi connectivity index (χ3n) is 3.87. The molecule has 128 valence electrons. The molecule has 0 aromatic carbocycles. The van der Waals surface area contributed by atoms with Gasteiger partial charge in [-0.05, 0) is 38.4 Å². The summed E-state index contributed by atoms with van der Waals surface area (Å²) in [4.78, 5) is 32.7. The van der Waals surface area contributed by atoms with Crippen molar-refractivity contribution in [3.8, 4) is 0 Å². The Morgan fingerprint density at radius 2 is 2.12 bits per heavy atom. The summed E-state index contributed by atoms with van der Waals surface area (Å²) in [5, 5.41) is 6.70. The average molecular weight is 364 g/mol. The van der Waals surface area contributed by atoms with Gasteiger partial charge in [-0.1, -0.05) is 11.3 Å². The molecule has 2 N–H and O–H groups in total. The zero-order chi connectivity index (χ0) is 17.3. The van der Waals surface area contributed by atoms with Gasteiger partial charge in [0.1, 0.15) is 4.88 Å². The Morgan fingerprint density at radius 1 is 1.33 bits per heavy atom. The monoisotopic (exact) mass is 364 g/mol. The van der Waals surface area contributed by atoms with Crippen molar-refractivity contribution in [2.24, 2.45) is 0 Å². The second kappa shape index (κ2) is 7.00. The Balaban J connectivity index is 1.71.